The Morgan fingerprint density at radius 1 is 1.00 bits per heavy atom. The second kappa shape index (κ2) is 7.32. The van der Waals surface area contributed by atoms with Crippen molar-refractivity contribution in [2.75, 3.05) is 31.1 Å². The summed E-state index contributed by atoms with van der Waals surface area (Å²) in [5.74, 6) is -0.877. The van der Waals surface area contributed by atoms with Crippen molar-refractivity contribution in [3.05, 3.63) is 64.3 Å². The Bertz CT molecular complexity index is 1060. The highest BCUT2D eigenvalue weighted by Crippen LogP contribution is 2.26. The maximum absolute atomic E-state index is 12.9. The number of carbonyl (C=O) groups is 2. The maximum atomic E-state index is 12.9. The Morgan fingerprint density at radius 2 is 1.71 bits per heavy atom. The molecule has 0 atom stereocenters. The van der Waals surface area contributed by atoms with Gasteiger partial charge in [-0.2, -0.15) is 0 Å². The van der Waals surface area contributed by atoms with E-state index in [2.05, 4.69) is 9.88 Å². The van der Waals surface area contributed by atoms with Gasteiger partial charge in [0.05, 0.1) is 5.56 Å². The molecule has 0 unspecified atom stereocenters. The third-order valence-electron chi connectivity index (χ3n) is 5.39. The van der Waals surface area contributed by atoms with Crippen molar-refractivity contribution in [3.8, 4) is 0 Å². The summed E-state index contributed by atoms with van der Waals surface area (Å²) in [6.45, 7) is 6.25. The number of nitrogens with one attached hydrogen (secondary N) is 1. The second-order valence-corrected chi connectivity index (χ2v) is 7.65. The predicted molar refractivity (Wildman–Crippen MR) is 112 cm³/mol. The summed E-state index contributed by atoms with van der Waals surface area (Å²) in [7, 11) is 0. The van der Waals surface area contributed by atoms with Crippen LogP contribution in [0, 0.1) is 13.8 Å². The van der Waals surface area contributed by atoms with Crippen LogP contribution in [-0.2, 0) is 4.79 Å². The van der Waals surface area contributed by atoms with Gasteiger partial charge in [-0.25, -0.2) is 0 Å². The fourth-order valence-corrected chi connectivity index (χ4v) is 4.06. The van der Waals surface area contributed by atoms with Gasteiger partial charge in [0.15, 0.2) is 0 Å². The van der Waals surface area contributed by atoms with Crippen LogP contribution >= 0.6 is 11.6 Å². The van der Waals surface area contributed by atoms with Crippen LogP contribution in [0.4, 0.5) is 5.69 Å². The van der Waals surface area contributed by atoms with Gasteiger partial charge in [0.25, 0.3) is 11.7 Å². The van der Waals surface area contributed by atoms with E-state index >= 15 is 0 Å². The largest absolute Gasteiger partial charge is 0.368 e. The Morgan fingerprint density at radius 3 is 2.46 bits per heavy atom. The third-order valence-corrected chi connectivity index (χ3v) is 5.63. The van der Waals surface area contributed by atoms with Crippen molar-refractivity contribution in [1.29, 1.82) is 0 Å². The molecular formula is C22H22ClN3O2. The van der Waals surface area contributed by atoms with Gasteiger partial charge in [0, 0.05) is 53.5 Å². The zero-order valence-corrected chi connectivity index (χ0v) is 16.7. The number of aromatic nitrogens is 1. The smallest absolute Gasteiger partial charge is 0.295 e. The molecule has 0 bridgehead atoms. The summed E-state index contributed by atoms with van der Waals surface area (Å²) in [6, 6.07) is 13.4. The molecule has 5 nitrogen and oxygen atoms in total. The number of nitrogens with zero attached hydrogens (tertiary/aromatic N) is 2. The van der Waals surface area contributed by atoms with E-state index in [0.29, 0.717) is 36.8 Å². The minimum atomic E-state index is -0.442. The van der Waals surface area contributed by atoms with Crippen LogP contribution in [0.15, 0.2) is 42.5 Å². The van der Waals surface area contributed by atoms with Crippen molar-refractivity contribution < 1.29 is 9.59 Å². The number of halogens is 1. The van der Waals surface area contributed by atoms with Crippen LogP contribution in [0.3, 0.4) is 0 Å². The molecule has 1 aliphatic rings. The van der Waals surface area contributed by atoms with Crippen molar-refractivity contribution in [3.63, 3.8) is 0 Å². The van der Waals surface area contributed by atoms with E-state index in [4.69, 9.17) is 11.6 Å². The molecule has 1 amide bonds. The quantitative estimate of drug-likeness (QED) is 0.539. The van der Waals surface area contributed by atoms with Crippen molar-refractivity contribution in [1.82, 2.24) is 9.88 Å². The average Bonchev–Trinajstić information content (AvgIpc) is 3.04. The molecule has 1 aliphatic heterocycles. The molecule has 0 aliphatic carbocycles. The first-order valence-corrected chi connectivity index (χ1v) is 9.75. The summed E-state index contributed by atoms with van der Waals surface area (Å²) >= 11 is 6.14. The van der Waals surface area contributed by atoms with Gasteiger partial charge in [0.1, 0.15) is 0 Å². The number of fused-ring (bicyclic) bond motifs is 1. The Hall–Kier alpha value is -2.79. The highest BCUT2D eigenvalue weighted by molar-refractivity contribution is 6.45. The van der Waals surface area contributed by atoms with Gasteiger partial charge in [0.2, 0.25) is 0 Å². The zero-order chi connectivity index (χ0) is 19.8. The lowest BCUT2D eigenvalue weighted by Crippen LogP contribution is -2.50. The van der Waals surface area contributed by atoms with Crippen LogP contribution in [0.2, 0.25) is 5.02 Å². The van der Waals surface area contributed by atoms with Crippen molar-refractivity contribution in [2.24, 2.45) is 0 Å². The Kier molecular flexibility index (Phi) is 4.85. The van der Waals surface area contributed by atoms with E-state index < -0.39 is 11.7 Å². The monoisotopic (exact) mass is 395 g/mol. The van der Waals surface area contributed by atoms with E-state index in [1.165, 1.54) is 0 Å². The van der Waals surface area contributed by atoms with Crippen molar-refractivity contribution >= 4 is 39.9 Å². The topological polar surface area (TPSA) is 56.4 Å². The highest BCUT2D eigenvalue weighted by atomic mass is 35.5. The molecule has 144 valence electrons. The lowest BCUT2D eigenvalue weighted by Gasteiger charge is -2.36. The van der Waals surface area contributed by atoms with Gasteiger partial charge in [-0.3, -0.25) is 9.59 Å². The van der Waals surface area contributed by atoms with Gasteiger partial charge >= 0.3 is 0 Å². The number of ketones is 1. The predicted octanol–water partition coefficient (Wildman–Crippen LogP) is 3.97. The van der Waals surface area contributed by atoms with Crippen LogP contribution in [0.1, 0.15) is 21.6 Å². The number of aromatic amines is 1. The number of H-pyrrole nitrogens is 1. The van der Waals surface area contributed by atoms with E-state index in [-0.39, 0.29) is 0 Å². The third kappa shape index (κ3) is 3.27. The average molecular weight is 396 g/mol. The highest BCUT2D eigenvalue weighted by Gasteiger charge is 2.29. The lowest BCUT2D eigenvalue weighted by atomic mass is 10.1. The Balaban J connectivity index is 1.50. The van der Waals surface area contributed by atoms with Gasteiger partial charge < -0.3 is 14.8 Å². The SMILES string of the molecule is Cc1ccc(Cl)cc1N1CCN(C(=O)C(=O)c2c(C)[nH]c3ccccc23)CC1. The number of para-hydroxylation sites is 1. The Labute approximate surface area is 168 Å². The summed E-state index contributed by atoms with van der Waals surface area (Å²) in [5, 5.41) is 1.50. The fraction of sp³-hybridized carbons (Fsp3) is 0.273. The fourth-order valence-electron chi connectivity index (χ4n) is 3.89. The van der Waals surface area contributed by atoms with E-state index in [1.54, 1.807) is 4.90 Å². The molecule has 1 N–H and O–H groups in total. The molecule has 3 aromatic rings. The molecule has 1 aromatic heterocycles. The lowest BCUT2D eigenvalue weighted by molar-refractivity contribution is -0.126. The number of carbonyl (C=O) groups excluding carboxylic acids is 2. The van der Waals surface area contributed by atoms with E-state index in [1.807, 2.05) is 56.3 Å². The van der Waals surface area contributed by atoms with E-state index in [9.17, 15) is 9.59 Å². The number of Topliss-reactive ketones (excluding diaryl/α,β-unsaturated/α-hetero) is 1. The summed E-state index contributed by atoms with van der Waals surface area (Å²) < 4.78 is 0. The molecular weight excluding hydrogens is 374 g/mol. The number of hydrogen-bond donors (Lipinski definition) is 1. The van der Waals surface area contributed by atoms with Crippen LogP contribution in [-0.4, -0.2) is 47.8 Å². The number of amides is 1. The molecule has 1 fully saturated rings. The van der Waals surface area contributed by atoms with Gasteiger partial charge in [-0.15, -0.1) is 0 Å². The summed E-state index contributed by atoms with van der Waals surface area (Å²) in [6.07, 6.45) is 0. The number of rotatable bonds is 3. The number of aryl methyl sites for hydroxylation is 2. The molecule has 0 saturated carbocycles. The molecule has 4 rings (SSSR count). The molecule has 2 aromatic carbocycles. The minimum absolute atomic E-state index is 0.435. The molecule has 2 heterocycles. The van der Waals surface area contributed by atoms with Crippen molar-refractivity contribution in [2.45, 2.75) is 13.8 Å². The number of benzene rings is 2. The summed E-state index contributed by atoms with van der Waals surface area (Å²) in [5.41, 5.74) is 4.31. The van der Waals surface area contributed by atoms with Crippen LogP contribution in [0.5, 0.6) is 0 Å². The second-order valence-electron chi connectivity index (χ2n) is 7.21. The standard InChI is InChI=1S/C22H22ClN3O2/c1-14-7-8-16(23)13-19(14)25-9-11-26(12-10-25)22(28)21(27)20-15(2)24-18-6-4-3-5-17(18)20/h3-8,13,24H,9-12H2,1-2H3. The molecule has 1 saturated heterocycles. The van der Waals surface area contributed by atoms with E-state index in [0.717, 1.165) is 27.8 Å². The number of piperazine rings is 1. The first-order valence-electron chi connectivity index (χ1n) is 9.37. The molecule has 0 spiro atoms. The molecule has 0 radical (unpaired) electrons. The van der Waals surface area contributed by atoms with Gasteiger partial charge in [-0.1, -0.05) is 35.9 Å². The summed E-state index contributed by atoms with van der Waals surface area (Å²) in [4.78, 5) is 32.9. The number of anilines is 1. The van der Waals surface area contributed by atoms with Crippen LogP contribution < -0.4 is 4.90 Å². The normalized spacial score (nSPS) is 14.5. The van der Waals surface area contributed by atoms with Crippen LogP contribution in [0.25, 0.3) is 10.9 Å². The first-order chi connectivity index (χ1) is 13.5. The number of hydrogen-bond acceptors (Lipinski definition) is 3. The first kappa shape index (κ1) is 18.6. The maximum Gasteiger partial charge on any atom is 0.295 e. The van der Waals surface area contributed by atoms with Gasteiger partial charge in [-0.05, 0) is 37.6 Å². The molecule has 6 heteroatoms. The zero-order valence-electron chi connectivity index (χ0n) is 16.0. The molecule has 28 heavy (non-hydrogen) atoms. The minimum Gasteiger partial charge on any atom is -0.368 e.